The van der Waals surface area contributed by atoms with Crippen molar-refractivity contribution >= 4 is 20.6 Å². The molecule has 0 heterocycles. The first kappa shape index (κ1) is 7.36. The Bertz CT molecular complexity index is 99.5. The smallest absolute Gasteiger partial charge is 0.109 e. The Morgan fingerprint density at radius 2 is 1.56 bits per heavy atom. The third kappa shape index (κ3) is 1.59. The highest BCUT2D eigenvalue weighted by atomic mass is 35.6. The molecule has 2 unspecified atom stereocenters. The maximum absolute atomic E-state index is 4.78. The predicted molar refractivity (Wildman–Crippen MR) is 45.8 cm³/mol. The first-order valence-electron chi connectivity index (χ1n) is 3.51. The van der Waals surface area contributed by atoms with Crippen LogP contribution in [-0.2, 0) is 0 Å². The van der Waals surface area contributed by atoms with E-state index in [2.05, 4.69) is 12.2 Å². The summed E-state index contributed by atoms with van der Waals surface area (Å²) >= 11 is 4.78. The van der Waals surface area contributed by atoms with Crippen molar-refractivity contribution in [1.82, 2.24) is 0 Å². The Hall–Kier alpha value is 0.247. The fourth-order valence-corrected chi connectivity index (χ4v) is 1.72. The van der Waals surface area contributed by atoms with Crippen molar-refractivity contribution in [2.75, 3.05) is 0 Å². The molecule has 1 fully saturated rings. The normalized spacial score (nSPS) is 36.6. The zero-order valence-electron chi connectivity index (χ0n) is 5.81. The molecular weight excluding hydrogens is 148 g/mol. The molecule has 0 saturated heterocycles. The van der Waals surface area contributed by atoms with Crippen molar-refractivity contribution in [1.29, 1.82) is 0 Å². The zero-order valence-corrected chi connectivity index (χ0v) is 8.56. The quantitative estimate of drug-likeness (QED) is 0.286. The Balaban J connectivity index is 0.000000186. The lowest BCUT2D eigenvalue weighted by atomic mass is 10.1. The summed E-state index contributed by atoms with van der Waals surface area (Å²) in [5, 5.41) is 0. The molecule has 1 saturated carbocycles. The van der Waals surface area contributed by atoms with E-state index in [0.29, 0.717) is 0 Å². The molecule has 0 aromatic heterocycles. The Morgan fingerprint density at radius 1 is 1.11 bits per heavy atom. The molecule has 2 bridgehead atoms. The second-order valence-corrected chi connectivity index (χ2v) is 2.72. The Labute approximate surface area is 64.4 Å². The number of fused-ring (bicyclic) bond motifs is 2. The summed E-state index contributed by atoms with van der Waals surface area (Å²) in [6.45, 7) is 0. The van der Waals surface area contributed by atoms with Crippen LogP contribution in [0.15, 0.2) is 12.2 Å². The topological polar surface area (TPSA) is 0 Å². The van der Waals surface area contributed by atoms with Gasteiger partial charge in [0.05, 0.1) is 0 Å². The number of hydrogen-bond acceptors (Lipinski definition) is 0. The summed E-state index contributed by atoms with van der Waals surface area (Å²) in [6.07, 6.45) is 9.19. The van der Waals surface area contributed by atoms with Gasteiger partial charge in [0.15, 0.2) is 0 Å². The summed E-state index contributed by atoms with van der Waals surface area (Å²) in [6, 6.07) is 0. The van der Waals surface area contributed by atoms with Gasteiger partial charge < -0.3 is 0 Å². The van der Waals surface area contributed by atoms with Crippen LogP contribution < -0.4 is 0 Å². The van der Waals surface area contributed by atoms with Crippen LogP contribution >= 0.6 is 11.1 Å². The van der Waals surface area contributed by atoms with Gasteiger partial charge in [0.1, 0.15) is 9.55 Å². The van der Waals surface area contributed by atoms with E-state index in [-0.39, 0.29) is 0 Å². The minimum Gasteiger partial charge on any atom is -0.181 e. The minimum absolute atomic E-state index is 0.778. The number of rotatable bonds is 0. The van der Waals surface area contributed by atoms with Gasteiger partial charge in [-0.05, 0) is 31.1 Å². The molecule has 2 aliphatic carbocycles. The molecule has 0 N–H and O–H groups in total. The molecule has 0 aliphatic heterocycles. The summed E-state index contributed by atoms with van der Waals surface area (Å²) < 4.78 is 0. The van der Waals surface area contributed by atoms with Crippen LogP contribution in [0.2, 0.25) is 0 Å². The molecule has 0 spiro atoms. The van der Waals surface area contributed by atoms with Crippen molar-refractivity contribution < 1.29 is 0 Å². The third-order valence-corrected chi connectivity index (χ3v) is 2.17. The Kier molecular flexibility index (Phi) is 2.80. The van der Waals surface area contributed by atoms with E-state index < -0.39 is 0 Å². The average molecular weight is 161 g/mol. The van der Waals surface area contributed by atoms with Gasteiger partial charge in [-0.15, -0.1) is 0 Å². The monoisotopic (exact) mass is 160 g/mol. The fourth-order valence-electron chi connectivity index (χ4n) is 1.72. The summed E-state index contributed by atoms with van der Waals surface area (Å²) in [7, 11) is 0.778. The first-order valence-corrected chi connectivity index (χ1v) is 6.53. The van der Waals surface area contributed by atoms with Gasteiger partial charge in [-0.3, -0.25) is 0 Å². The van der Waals surface area contributed by atoms with Crippen LogP contribution in [0.5, 0.6) is 0 Å². The first-order chi connectivity index (χ1) is 4.45. The highest BCUT2D eigenvalue weighted by Gasteiger charge is 2.25. The highest BCUT2D eigenvalue weighted by molar-refractivity contribution is 6.80. The van der Waals surface area contributed by atoms with Crippen molar-refractivity contribution in [2.24, 2.45) is 11.8 Å². The van der Waals surface area contributed by atoms with Gasteiger partial charge in [-0.25, -0.2) is 0 Å². The molecule has 0 aromatic carbocycles. The van der Waals surface area contributed by atoms with E-state index in [9.17, 15) is 0 Å². The maximum Gasteiger partial charge on any atom is 0.109 e. The van der Waals surface area contributed by atoms with E-state index >= 15 is 0 Å². The molecule has 0 radical (unpaired) electrons. The molecule has 0 aromatic rings. The summed E-state index contributed by atoms with van der Waals surface area (Å²) in [4.78, 5) is 0. The Morgan fingerprint density at radius 3 is 1.67 bits per heavy atom. The maximum atomic E-state index is 4.78. The number of hydrogen-bond donors (Lipinski definition) is 0. The molecule has 2 rings (SSSR count). The van der Waals surface area contributed by atoms with Crippen LogP contribution in [0.1, 0.15) is 19.3 Å². The van der Waals surface area contributed by atoms with Crippen molar-refractivity contribution in [3.63, 3.8) is 0 Å². The van der Waals surface area contributed by atoms with Gasteiger partial charge in [0.2, 0.25) is 0 Å². The summed E-state index contributed by atoms with van der Waals surface area (Å²) in [5.74, 6) is 1.98. The van der Waals surface area contributed by atoms with Crippen molar-refractivity contribution in [3.8, 4) is 0 Å². The van der Waals surface area contributed by atoms with Crippen LogP contribution in [-0.4, -0.2) is 9.55 Å². The number of allylic oxidation sites excluding steroid dienone is 2. The lowest BCUT2D eigenvalue weighted by Crippen LogP contribution is -1.82. The molecule has 9 heavy (non-hydrogen) atoms. The molecule has 52 valence electrons. The summed E-state index contributed by atoms with van der Waals surface area (Å²) in [5.41, 5.74) is 0. The number of halogens is 1. The standard InChI is InChI=1S/C7H10.ClH3Si/c1-2-7-4-3-6(1)5-7;1-2/h1-2,6-7H,3-5H2;2H3. The van der Waals surface area contributed by atoms with E-state index in [4.69, 9.17) is 11.1 Å². The highest BCUT2D eigenvalue weighted by Crippen LogP contribution is 2.38. The van der Waals surface area contributed by atoms with E-state index in [1.165, 1.54) is 19.3 Å². The predicted octanol–water partition coefficient (Wildman–Crippen LogP) is 1.48. The third-order valence-electron chi connectivity index (χ3n) is 2.17. The van der Waals surface area contributed by atoms with Crippen LogP contribution in [0.25, 0.3) is 0 Å². The van der Waals surface area contributed by atoms with Crippen LogP contribution in [0, 0.1) is 11.8 Å². The molecule has 2 aliphatic rings. The zero-order chi connectivity index (χ0) is 6.69. The van der Waals surface area contributed by atoms with E-state index in [0.717, 1.165) is 21.4 Å². The SMILES string of the molecule is C1=CC2CCC1C2.[SiH3]Cl. The van der Waals surface area contributed by atoms with Gasteiger partial charge in [0.25, 0.3) is 0 Å². The van der Waals surface area contributed by atoms with E-state index in [1.807, 2.05) is 0 Å². The second-order valence-electron chi connectivity index (χ2n) is 2.72. The lowest BCUT2D eigenvalue weighted by molar-refractivity contribution is 0.691. The van der Waals surface area contributed by atoms with Gasteiger partial charge in [-0.2, -0.15) is 11.1 Å². The minimum atomic E-state index is 0.778. The largest absolute Gasteiger partial charge is 0.181 e. The van der Waals surface area contributed by atoms with Crippen LogP contribution in [0.4, 0.5) is 0 Å². The molecule has 2 heteroatoms. The van der Waals surface area contributed by atoms with Crippen molar-refractivity contribution in [3.05, 3.63) is 12.2 Å². The molecule has 2 atom stereocenters. The lowest BCUT2D eigenvalue weighted by Gasteiger charge is -1.96. The second kappa shape index (κ2) is 3.42. The average Bonchev–Trinajstić information content (AvgIpc) is 2.53. The van der Waals surface area contributed by atoms with Crippen LogP contribution in [0.3, 0.4) is 0 Å². The molecule has 0 amide bonds. The molecule has 0 nitrogen and oxygen atoms in total. The van der Waals surface area contributed by atoms with E-state index in [1.54, 1.807) is 0 Å². The van der Waals surface area contributed by atoms with Gasteiger partial charge in [-0.1, -0.05) is 12.2 Å². The fraction of sp³-hybridized carbons (Fsp3) is 0.714. The van der Waals surface area contributed by atoms with Crippen molar-refractivity contribution in [2.45, 2.75) is 19.3 Å². The van der Waals surface area contributed by atoms with Gasteiger partial charge >= 0.3 is 0 Å². The van der Waals surface area contributed by atoms with Gasteiger partial charge in [0, 0.05) is 0 Å². The molecular formula is C7H13ClSi.